The Hall–Kier alpha value is -2.04. The molecule has 0 aliphatic carbocycles. The fraction of sp³-hybridized carbons (Fsp3) is 0.467. The lowest BCUT2D eigenvalue weighted by Gasteiger charge is -2.26. The van der Waals surface area contributed by atoms with Crippen LogP contribution >= 0.6 is 0 Å². The normalized spacial score (nSPS) is 13.3. The predicted molar refractivity (Wildman–Crippen MR) is 77.5 cm³/mol. The Labute approximate surface area is 119 Å². The molecule has 2 amide bonds. The Morgan fingerprint density at radius 3 is 2.40 bits per heavy atom. The fourth-order valence-corrected chi connectivity index (χ4v) is 1.97. The van der Waals surface area contributed by atoms with Crippen LogP contribution in [0, 0.1) is 0 Å². The van der Waals surface area contributed by atoms with Gasteiger partial charge in [0, 0.05) is 13.1 Å². The SMILES string of the molecule is CCCC(C)N(C)C(=O)N[C@@H](C(=O)O)c1ccccc1. The van der Waals surface area contributed by atoms with Crippen LogP contribution in [0.1, 0.15) is 38.3 Å². The van der Waals surface area contributed by atoms with Crippen LogP contribution < -0.4 is 5.32 Å². The number of carboxylic acid groups (broad SMARTS) is 1. The van der Waals surface area contributed by atoms with E-state index in [2.05, 4.69) is 5.32 Å². The molecule has 5 nitrogen and oxygen atoms in total. The first kappa shape index (κ1) is 16.0. The molecule has 0 heterocycles. The number of carbonyl (C=O) groups is 2. The molecule has 0 bridgehead atoms. The van der Waals surface area contributed by atoms with Crippen LogP contribution in [0.2, 0.25) is 0 Å². The summed E-state index contributed by atoms with van der Waals surface area (Å²) >= 11 is 0. The summed E-state index contributed by atoms with van der Waals surface area (Å²) < 4.78 is 0. The largest absolute Gasteiger partial charge is 0.479 e. The molecule has 110 valence electrons. The van der Waals surface area contributed by atoms with E-state index < -0.39 is 12.0 Å². The quantitative estimate of drug-likeness (QED) is 0.840. The number of amides is 2. The van der Waals surface area contributed by atoms with E-state index in [0.29, 0.717) is 5.56 Å². The van der Waals surface area contributed by atoms with Crippen molar-refractivity contribution in [3.8, 4) is 0 Å². The van der Waals surface area contributed by atoms with Gasteiger partial charge in [-0.25, -0.2) is 9.59 Å². The number of nitrogens with zero attached hydrogens (tertiary/aromatic N) is 1. The van der Waals surface area contributed by atoms with Crippen LogP contribution in [0.4, 0.5) is 4.79 Å². The molecule has 0 saturated heterocycles. The van der Waals surface area contributed by atoms with E-state index >= 15 is 0 Å². The second-order valence-corrected chi connectivity index (χ2v) is 4.88. The molecule has 1 aromatic rings. The Balaban J connectivity index is 2.77. The van der Waals surface area contributed by atoms with Crippen molar-refractivity contribution in [3.63, 3.8) is 0 Å². The van der Waals surface area contributed by atoms with Gasteiger partial charge in [-0.1, -0.05) is 43.7 Å². The van der Waals surface area contributed by atoms with Crippen molar-refractivity contribution in [2.75, 3.05) is 7.05 Å². The number of hydrogen-bond acceptors (Lipinski definition) is 2. The predicted octanol–water partition coefficient (Wildman–Crippen LogP) is 2.64. The number of urea groups is 1. The highest BCUT2D eigenvalue weighted by Crippen LogP contribution is 2.14. The first-order valence-corrected chi connectivity index (χ1v) is 6.78. The third kappa shape index (κ3) is 4.26. The molecule has 0 saturated carbocycles. The summed E-state index contributed by atoms with van der Waals surface area (Å²) in [5.41, 5.74) is 0.560. The number of benzene rings is 1. The summed E-state index contributed by atoms with van der Waals surface area (Å²) in [5.74, 6) is -1.07. The summed E-state index contributed by atoms with van der Waals surface area (Å²) in [5, 5.41) is 11.8. The summed E-state index contributed by atoms with van der Waals surface area (Å²) in [4.78, 5) is 25.0. The molecule has 1 unspecified atom stereocenters. The molecule has 20 heavy (non-hydrogen) atoms. The molecule has 0 aliphatic heterocycles. The van der Waals surface area contributed by atoms with E-state index in [1.165, 1.54) is 0 Å². The molecule has 0 fully saturated rings. The van der Waals surface area contributed by atoms with Crippen LogP contribution in [0.3, 0.4) is 0 Å². The third-order valence-electron chi connectivity index (χ3n) is 3.34. The first-order chi connectivity index (χ1) is 9.47. The summed E-state index contributed by atoms with van der Waals surface area (Å²) in [6.07, 6.45) is 1.85. The zero-order chi connectivity index (χ0) is 15.1. The van der Waals surface area contributed by atoms with Gasteiger partial charge < -0.3 is 15.3 Å². The monoisotopic (exact) mass is 278 g/mol. The van der Waals surface area contributed by atoms with Gasteiger partial charge in [-0.2, -0.15) is 0 Å². The first-order valence-electron chi connectivity index (χ1n) is 6.78. The number of rotatable bonds is 6. The number of carboxylic acids is 1. The molecule has 0 aromatic heterocycles. The van der Waals surface area contributed by atoms with Gasteiger partial charge in [-0.05, 0) is 18.9 Å². The number of aliphatic carboxylic acids is 1. The average Bonchev–Trinajstić information content (AvgIpc) is 2.44. The van der Waals surface area contributed by atoms with Crippen LogP contribution in [0.25, 0.3) is 0 Å². The molecule has 2 N–H and O–H groups in total. The van der Waals surface area contributed by atoms with Gasteiger partial charge in [-0.15, -0.1) is 0 Å². The zero-order valence-electron chi connectivity index (χ0n) is 12.2. The molecular weight excluding hydrogens is 256 g/mol. The van der Waals surface area contributed by atoms with Gasteiger partial charge in [0.25, 0.3) is 0 Å². The number of nitrogens with one attached hydrogen (secondary N) is 1. The lowest BCUT2D eigenvalue weighted by Crippen LogP contribution is -2.45. The van der Waals surface area contributed by atoms with E-state index in [9.17, 15) is 14.7 Å². The van der Waals surface area contributed by atoms with Gasteiger partial charge in [0.05, 0.1) is 0 Å². The number of carbonyl (C=O) groups excluding carboxylic acids is 1. The topological polar surface area (TPSA) is 69.6 Å². The van der Waals surface area contributed by atoms with E-state index in [1.807, 2.05) is 13.8 Å². The van der Waals surface area contributed by atoms with Crippen molar-refractivity contribution in [1.82, 2.24) is 10.2 Å². The van der Waals surface area contributed by atoms with Crippen LogP contribution in [0.5, 0.6) is 0 Å². The van der Waals surface area contributed by atoms with Gasteiger partial charge in [0.2, 0.25) is 0 Å². The Morgan fingerprint density at radius 1 is 1.30 bits per heavy atom. The van der Waals surface area contributed by atoms with Crippen LogP contribution in [-0.2, 0) is 4.79 Å². The van der Waals surface area contributed by atoms with E-state index in [0.717, 1.165) is 12.8 Å². The Bertz CT molecular complexity index is 448. The van der Waals surface area contributed by atoms with Crippen molar-refractivity contribution < 1.29 is 14.7 Å². The highest BCUT2D eigenvalue weighted by atomic mass is 16.4. The lowest BCUT2D eigenvalue weighted by molar-refractivity contribution is -0.139. The maximum absolute atomic E-state index is 12.1. The van der Waals surface area contributed by atoms with Crippen molar-refractivity contribution in [3.05, 3.63) is 35.9 Å². The molecule has 1 rings (SSSR count). The molecule has 2 atom stereocenters. The maximum atomic E-state index is 12.1. The summed E-state index contributed by atoms with van der Waals surface area (Å²) in [6.45, 7) is 3.99. The van der Waals surface area contributed by atoms with E-state index in [-0.39, 0.29) is 12.1 Å². The number of hydrogen-bond donors (Lipinski definition) is 2. The second-order valence-electron chi connectivity index (χ2n) is 4.88. The second kappa shape index (κ2) is 7.53. The molecule has 0 spiro atoms. The lowest BCUT2D eigenvalue weighted by atomic mass is 10.1. The van der Waals surface area contributed by atoms with Crippen molar-refractivity contribution in [2.24, 2.45) is 0 Å². The Kier molecular flexibility index (Phi) is 6.03. The van der Waals surface area contributed by atoms with Crippen LogP contribution in [0.15, 0.2) is 30.3 Å². The molecule has 1 aromatic carbocycles. The van der Waals surface area contributed by atoms with Crippen molar-refractivity contribution >= 4 is 12.0 Å². The maximum Gasteiger partial charge on any atom is 0.330 e. The van der Waals surface area contributed by atoms with Crippen molar-refractivity contribution in [1.29, 1.82) is 0 Å². The van der Waals surface area contributed by atoms with Crippen molar-refractivity contribution in [2.45, 2.75) is 38.8 Å². The zero-order valence-corrected chi connectivity index (χ0v) is 12.2. The van der Waals surface area contributed by atoms with Gasteiger partial charge in [0.1, 0.15) is 0 Å². The third-order valence-corrected chi connectivity index (χ3v) is 3.34. The summed E-state index contributed by atoms with van der Waals surface area (Å²) in [7, 11) is 1.68. The van der Waals surface area contributed by atoms with Crippen LogP contribution in [-0.4, -0.2) is 35.1 Å². The molecule has 0 radical (unpaired) electrons. The minimum absolute atomic E-state index is 0.0743. The highest BCUT2D eigenvalue weighted by molar-refractivity contribution is 5.83. The molecule has 5 heteroatoms. The highest BCUT2D eigenvalue weighted by Gasteiger charge is 2.24. The minimum Gasteiger partial charge on any atom is -0.479 e. The fourth-order valence-electron chi connectivity index (χ4n) is 1.97. The minimum atomic E-state index is -1.07. The average molecular weight is 278 g/mol. The smallest absolute Gasteiger partial charge is 0.330 e. The summed E-state index contributed by atoms with van der Waals surface area (Å²) in [6, 6.07) is 7.36. The van der Waals surface area contributed by atoms with E-state index in [1.54, 1.807) is 42.3 Å². The van der Waals surface area contributed by atoms with E-state index in [4.69, 9.17) is 0 Å². The Morgan fingerprint density at radius 2 is 1.90 bits per heavy atom. The molecular formula is C15H22N2O3. The van der Waals surface area contributed by atoms with Gasteiger partial charge in [0.15, 0.2) is 6.04 Å². The molecule has 0 aliphatic rings. The standard InChI is InChI=1S/C15H22N2O3/c1-4-8-11(2)17(3)15(20)16-13(14(18)19)12-9-6-5-7-10-12/h5-7,9-11,13H,4,8H2,1-3H3,(H,16,20)(H,18,19)/t11?,13-/m1/s1. The van der Waals surface area contributed by atoms with Gasteiger partial charge in [-0.3, -0.25) is 0 Å². The van der Waals surface area contributed by atoms with Gasteiger partial charge >= 0.3 is 12.0 Å².